The lowest BCUT2D eigenvalue weighted by Gasteiger charge is -2.15. The molecule has 2 aromatic rings. The van der Waals surface area contributed by atoms with E-state index in [1.165, 1.54) is 0 Å². The monoisotopic (exact) mass is 309 g/mol. The minimum Gasteiger partial charge on any atom is -0.352 e. The third-order valence-corrected chi connectivity index (χ3v) is 3.91. The van der Waals surface area contributed by atoms with Crippen LogP contribution in [0.3, 0.4) is 0 Å². The van der Waals surface area contributed by atoms with Crippen molar-refractivity contribution in [1.82, 2.24) is 10.3 Å². The molecule has 2 amide bonds. The number of hydrogen-bond donors (Lipinski definition) is 1. The molecular formula is C18H19N3O2. The third kappa shape index (κ3) is 3.74. The summed E-state index contributed by atoms with van der Waals surface area (Å²) >= 11 is 0. The van der Waals surface area contributed by atoms with Crippen molar-refractivity contribution in [2.45, 2.75) is 19.3 Å². The molecule has 0 spiro atoms. The zero-order valence-corrected chi connectivity index (χ0v) is 12.9. The number of carbonyl (C=O) groups is 2. The molecule has 0 atom stereocenters. The summed E-state index contributed by atoms with van der Waals surface area (Å²) in [5, 5.41) is 2.89. The number of aromatic nitrogens is 1. The molecule has 5 heteroatoms. The molecule has 0 saturated carbocycles. The second kappa shape index (κ2) is 7.05. The number of carbonyl (C=O) groups excluding carboxylic acids is 2. The highest BCUT2D eigenvalue weighted by Crippen LogP contribution is 2.21. The van der Waals surface area contributed by atoms with Crippen molar-refractivity contribution < 1.29 is 9.59 Å². The van der Waals surface area contributed by atoms with Gasteiger partial charge in [-0.2, -0.15) is 0 Å². The first kappa shape index (κ1) is 15.2. The maximum atomic E-state index is 12.1. The second-order valence-corrected chi connectivity index (χ2v) is 5.52. The van der Waals surface area contributed by atoms with E-state index >= 15 is 0 Å². The highest BCUT2D eigenvalue weighted by molar-refractivity contribution is 5.97. The average Bonchev–Trinajstić information content (AvgIpc) is 3.02. The topological polar surface area (TPSA) is 62.3 Å². The van der Waals surface area contributed by atoms with Gasteiger partial charge in [0.2, 0.25) is 5.91 Å². The number of hydrogen-bond acceptors (Lipinski definition) is 3. The largest absolute Gasteiger partial charge is 0.352 e. The molecule has 1 saturated heterocycles. The number of rotatable bonds is 5. The van der Waals surface area contributed by atoms with Crippen molar-refractivity contribution in [1.29, 1.82) is 0 Å². The van der Waals surface area contributed by atoms with E-state index in [4.69, 9.17) is 0 Å². The number of nitrogens with zero attached hydrogens (tertiary/aromatic N) is 2. The van der Waals surface area contributed by atoms with Crippen LogP contribution in [0.25, 0.3) is 0 Å². The van der Waals surface area contributed by atoms with Gasteiger partial charge < -0.3 is 10.2 Å². The van der Waals surface area contributed by atoms with Gasteiger partial charge in [-0.15, -0.1) is 0 Å². The molecule has 0 bridgehead atoms. The van der Waals surface area contributed by atoms with Crippen LogP contribution in [-0.4, -0.2) is 29.9 Å². The Labute approximate surface area is 135 Å². The van der Waals surface area contributed by atoms with E-state index < -0.39 is 0 Å². The molecule has 5 nitrogen and oxygen atoms in total. The molecule has 0 aliphatic carbocycles. The summed E-state index contributed by atoms with van der Waals surface area (Å²) in [5.74, 6) is 0.0396. The zero-order chi connectivity index (χ0) is 16.1. The SMILES string of the molecule is O=C(NCCc1ccccn1)c1ccc(N2CCCC2=O)cc1. The molecule has 1 aliphatic rings. The first-order valence-corrected chi connectivity index (χ1v) is 7.82. The lowest BCUT2D eigenvalue weighted by Crippen LogP contribution is -2.26. The van der Waals surface area contributed by atoms with E-state index in [9.17, 15) is 9.59 Å². The van der Waals surface area contributed by atoms with Crippen molar-refractivity contribution in [3.05, 3.63) is 59.9 Å². The van der Waals surface area contributed by atoms with Crippen molar-refractivity contribution >= 4 is 17.5 Å². The van der Waals surface area contributed by atoms with Crippen LogP contribution in [0.2, 0.25) is 0 Å². The van der Waals surface area contributed by atoms with Gasteiger partial charge in [-0.3, -0.25) is 14.6 Å². The molecule has 1 fully saturated rings. The standard InChI is InChI=1S/C18H19N3O2/c22-17-5-3-13-21(17)16-8-6-14(7-9-16)18(23)20-12-10-15-4-1-2-11-19-15/h1-2,4,6-9,11H,3,5,10,12-13H2,(H,20,23). The van der Waals surface area contributed by atoms with Crippen LogP contribution in [0.15, 0.2) is 48.7 Å². The highest BCUT2D eigenvalue weighted by Gasteiger charge is 2.21. The number of benzene rings is 1. The first-order chi connectivity index (χ1) is 11.2. The van der Waals surface area contributed by atoms with Gasteiger partial charge in [-0.1, -0.05) is 6.07 Å². The normalized spacial score (nSPS) is 14.1. The maximum absolute atomic E-state index is 12.1. The van der Waals surface area contributed by atoms with Crippen molar-refractivity contribution in [2.24, 2.45) is 0 Å². The van der Waals surface area contributed by atoms with E-state index in [0.717, 1.165) is 24.3 Å². The van der Waals surface area contributed by atoms with E-state index in [1.54, 1.807) is 23.2 Å². The minimum atomic E-state index is -0.111. The molecule has 23 heavy (non-hydrogen) atoms. The molecule has 1 aliphatic heterocycles. The molecular weight excluding hydrogens is 290 g/mol. The Morgan fingerprint density at radius 1 is 1.17 bits per heavy atom. The summed E-state index contributed by atoms with van der Waals surface area (Å²) in [6, 6.07) is 12.9. The molecule has 0 radical (unpaired) electrons. The van der Waals surface area contributed by atoms with Crippen molar-refractivity contribution in [3.8, 4) is 0 Å². The van der Waals surface area contributed by atoms with Gasteiger partial charge in [0.15, 0.2) is 0 Å². The molecule has 118 valence electrons. The smallest absolute Gasteiger partial charge is 0.251 e. The van der Waals surface area contributed by atoms with Gasteiger partial charge >= 0.3 is 0 Å². The zero-order valence-electron chi connectivity index (χ0n) is 12.9. The summed E-state index contributed by atoms with van der Waals surface area (Å²) in [6.07, 6.45) is 3.95. The fraction of sp³-hybridized carbons (Fsp3) is 0.278. The van der Waals surface area contributed by atoms with Crippen LogP contribution < -0.4 is 10.2 Å². The van der Waals surface area contributed by atoms with Crippen LogP contribution in [0.5, 0.6) is 0 Å². The summed E-state index contributed by atoms with van der Waals surface area (Å²) in [7, 11) is 0. The van der Waals surface area contributed by atoms with Crippen LogP contribution >= 0.6 is 0 Å². The Bertz CT molecular complexity index is 683. The second-order valence-electron chi connectivity index (χ2n) is 5.52. The van der Waals surface area contributed by atoms with Crippen LogP contribution in [0, 0.1) is 0 Å². The minimum absolute atomic E-state index is 0.111. The fourth-order valence-corrected chi connectivity index (χ4v) is 2.67. The van der Waals surface area contributed by atoms with E-state index in [0.29, 0.717) is 24.9 Å². The summed E-state index contributed by atoms with van der Waals surface area (Å²) < 4.78 is 0. The van der Waals surface area contributed by atoms with Crippen molar-refractivity contribution in [2.75, 3.05) is 18.0 Å². The van der Waals surface area contributed by atoms with Crippen LogP contribution in [-0.2, 0) is 11.2 Å². The van der Waals surface area contributed by atoms with Gasteiger partial charge in [0, 0.05) is 49.1 Å². The Hall–Kier alpha value is -2.69. The average molecular weight is 309 g/mol. The number of nitrogens with one attached hydrogen (secondary N) is 1. The summed E-state index contributed by atoms with van der Waals surface area (Å²) in [6.45, 7) is 1.30. The summed E-state index contributed by atoms with van der Waals surface area (Å²) in [4.78, 5) is 29.8. The predicted octanol–water partition coefficient (Wildman–Crippen LogP) is 2.18. The lowest BCUT2D eigenvalue weighted by atomic mass is 10.2. The fourth-order valence-electron chi connectivity index (χ4n) is 2.67. The first-order valence-electron chi connectivity index (χ1n) is 7.82. The Kier molecular flexibility index (Phi) is 4.66. The van der Waals surface area contributed by atoms with Gasteiger partial charge in [0.1, 0.15) is 0 Å². The molecule has 0 unspecified atom stereocenters. The lowest BCUT2D eigenvalue weighted by molar-refractivity contribution is -0.117. The van der Waals surface area contributed by atoms with Gasteiger partial charge in [0.25, 0.3) is 5.91 Å². The molecule has 1 aromatic heterocycles. The van der Waals surface area contributed by atoms with E-state index in [1.807, 2.05) is 30.3 Å². The Morgan fingerprint density at radius 3 is 2.65 bits per heavy atom. The molecule has 2 heterocycles. The molecule has 1 N–H and O–H groups in total. The quantitative estimate of drug-likeness (QED) is 0.921. The molecule has 3 rings (SSSR count). The van der Waals surface area contributed by atoms with Crippen LogP contribution in [0.4, 0.5) is 5.69 Å². The Morgan fingerprint density at radius 2 is 2.00 bits per heavy atom. The van der Waals surface area contributed by atoms with Crippen molar-refractivity contribution in [3.63, 3.8) is 0 Å². The Balaban J connectivity index is 1.54. The number of anilines is 1. The van der Waals surface area contributed by atoms with E-state index in [2.05, 4.69) is 10.3 Å². The highest BCUT2D eigenvalue weighted by atomic mass is 16.2. The van der Waals surface area contributed by atoms with Gasteiger partial charge in [-0.25, -0.2) is 0 Å². The van der Waals surface area contributed by atoms with E-state index in [-0.39, 0.29) is 11.8 Å². The van der Waals surface area contributed by atoms with Crippen LogP contribution in [0.1, 0.15) is 28.9 Å². The maximum Gasteiger partial charge on any atom is 0.251 e. The number of pyridine rings is 1. The van der Waals surface area contributed by atoms with Gasteiger partial charge in [-0.05, 0) is 42.8 Å². The summed E-state index contributed by atoms with van der Waals surface area (Å²) in [5.41, 5.74) is 2.41. The van der Waals surface area contributed by atoms with Gasteiger partial charge in [0.05, 0.1) is 0 Å². The third-order valence-electron chi connectivity index (χ3n) is 3.91. The number of amides is 2. The molecule has 1 aromatic carbocycles. The predicted molar refractivity (Wildman–Crippen MR) is 88.3 cm³/mol.